The van der Waals surface area contributed by atoms with Gasteiger partial charge in [0, 0.05) is 0 Å². The second-order valence-corrected chi connectivity index (χ2v) is 8.80. The van der Waals surface area contributed by atoms with Crippen molar-refractivity contribution >= 4 is 44.9 Å². The summed E-state index contributed by atoms with van der Waals surface area (Å²) in [5.74, 6) is -1.18. The van der Waals surface area contributed by atoms with Crippen molar-refractivity contribution in [3.8, 4) is 0 Å². The lowest BCUT2D eigenvalue weighted by molar-refractivity contribution is -0.123. The highest BCUT2D eigenvalue weighted by atomic mass is 35.5. The third-order valence-electron chi connectivity index (χ3n) is 3.38. The first-order chi connectivity index (χ1) is 10.9. The van der Waals surface area contributed by atoms with E-state index in [1.165, 1.54) is 32.9 Å². The molecule has 0 unspecified atom stereocenters. The van der Waals surface area contributed by atoms with E-state index < -0.39 is 38.1 Å². The number of carbonyl (C=O) groups excluding carboxylic acids is 2. The van der Waals surface area contributed by atoms with Gasteiger partial charge in [-0.15, -0.1) is 0 Å². The van der Waals surface area contributed by atoms with E-state index in [0.29, 0.717) is 0 Å². The van der Waals surface area contributed by atoms with Crippen molar-refractivity contribution in [1.82, 2.24) is 10.0 Å². The number of ketones is 1. The first-order valence-electron chi connectivity index (χ1n) is 7.06. The monoisotopic (exact) mass is 394 g/mol. The Kier molecular flexibility index (Phi) is 6.81. The molecule has 0 spiro atoms. The van der Waals surface area contributed by atoms with Crippen LogP contribution in [0.1, 0.15) is 26.3 Å². The molecule has 0 heterocycles. The smallest absolute Gasteiger partial charge is 0.253 e. The van der Waals surface area contributed by atoms with Gasteiger partial charge in [0.2, 0.25) is 10.0 Å². The SMILES string of the molecule is CC(=O)[C@@H](NS(=O)(=O)c1ccc(C)cc1)C(C)(C)NC(=O)C(Cl)Cl. The number of Topliss-reactive ketones (excluding diaryl/α,β-unsaturated/α-hetero) is 1. The summed E-state index contributed by atoms with van der Waals surface area (Å²) in [5, 5.41) is 2.47. The van der Waals surface area contributed by atoms with Crippen molar-refractivity contribution in [3.63, 3.8) is 0 Å². The Balaban J connectivity index is 3.10. The molecule has 0 bridgehead atoms. The summed E-state index contributed by atoms with van der Waals surface area (Å²) >= 11 is 11.0. The highest BCUT2D eigenvalue weighted by Gasteiger charge is 2.38. The van der Waals surface area contributed by atoms with Gasteiger partial charge in [-0.1, -0.05) is 40.9 Å². The van der Waals surface area contributed by atoms with Gasteiger partial charge in [-0.05, 0) is 39.8 Å². The second kappa shape index (κ2) is 7.82. The van der Waals surface area contributed by atoms with Crippen LogP contribution in [0, 0.1) is 6.92 Å². The Labute approximate surface area is 152 Å². The molecule has 24 heavy (non-hydrogen) atoms. The average molecular weight is 395 g/mol. The summed E-state index contributed by atoms with van der Waals surface area (Å²) in [6.45, 7) is 6.07. The first-order valence-corrected chi connectivity index (χ1v) is 9.42. The number of sulfonamides is 1. The number of benzene rings is 1. The molecule has 0 radical (unpaired) electrons. The molecule has 0 aliphatic rings. The predicted molar refractivity (Wildman–Crippen MR) is 93.7 cm³/mol. The minimum Gasteiger partial charge on any atom is -0.347 e. The summed E-state index contributed by atoms with van der Waals surface area (Å²) in [6.07, 6.45) is 0. The molecule has 1 amide bonds. The van der Waals surface area contributed by atoms with Crippen LogP contribution in [0.2, 0.25) is 0 Å². The van der Waals surface area contributed by atoms with E-state index >= 15 is 0 Å². The van der Waals surface area contributed by atoms with Crippen LogP contribution in [0.15, 0.2) is 29.2 Å². The molecule has 1 aromatic rings. The molecule has 0 saturated heterocycles. The van der Waals surface area contributed by atoms with E-state index in [9.17, 15) is 18.0 Å². The predicted octanol–water partition coefficient (Wildman–Crippen LogP) is 1.93. The van der Waals surface area contributed by atoms with Crippen LogP contribution in [-0.2, 0) is 19.6 Å². The molecule has 0 aliphatic carbocycles. The molecule has 0 aliphatic heterocycles. The van der Waals surface area contributed by atoms with Crippen molar-refractivity contribution in [1.29, 1.82) is 0 Å². The highest BCUT2D eigenvalue weighted by Crippen LogP contribution is 2.17. The van der Waals surface area contributed by atoms with E-state index in [2.05, 4.69) is 10.0 Å². The fraction of sp³-hybridized carbons (Fsp3) is 0.467. The quantitative estimate of drug-likeness (QED) is 0.690. The Morgan fingerprint density at radius 1 is 1.12 bits per heavy atom. The minimum atomic E-state index is -3.95. The van der Waals surface area contributed by atoms with E-state index in [0.717, 1.165) is 5.56 Å². The third-order valence-corrected chi connectivity index (χ3v) is 5.21. The highest BCUT2D eigenvalue weighted by molar-refractivity contribution is 7.89. The molecule has 0 saturated carbocycles. The summed E-state index contributed by atoms with van der Waals surface area (Å²) in [5.41, 5.74) is -0.331. The molecule has 9 heteroatoms. The van der Waals surface area contributed by atoms with Crippen LogP contribution < -0.4 is 10.0 Å². The van der Waals surface area contributed by atoms with Gasteiger partial charge in [0.05, 0.1) is 10.4 Å². The molecule has 1 atom stereocenters. The Morgan fingerprint density at radius 3 is 2.04 bits per heavy atom. The number of alkyl halides is 2. The number of aryl methyl sites for hydroxylation is 1. The van der Waals surface area contributed by atoms with E-state index in [1.54, 1.807) is 12.1 Å². The van der Waals surface area contributed by atoms with Gasteiger partial charge in [-0.25, -0.2) is 8.42 Å². The number of hydrogen-bond donors (Lipinski definition) is 2. The van der Waals surface area contributed by atoms with Crippen molar-refractivity contribution < 1.29 is 18.0 Å². The maximum Gasteiger partial charge on any atom is 0.253 e. The molecule has 0 fully saturated rings. The zero-order valence-corrected chi connectivity index (χ0v) is 16.1. The molecule has 0 aromatic heterocycles. The van der Waals surface area contributed by atoms with Gasteiger partial charge in [-0.3, -0.25) is 9.59 Å². The van der Waals surface area contributed by atoms with Crippen LogP contribution in [0.4, 0.5) is 0 Å². The maximum absolute atomic E-state index is 12.5. The Morgan fingerprint density at radius 2 is 1.62 bits per heavy atom. The van der Waals surface area contributed by atoms with Crippen LogP contribution in [-0.4, -0.2) is 36.5 Å². The summed E-state index contributed by atoms with van der Waals surface area (Å²) in [4.78, 5) is 22.4. The maximum atomic E-state index is 12.5. The zero-order chi connectivity index (χ0) is 18.7. The molecule has 134 valence electrons. The summed E-state index contributed by atoms with van der Waals surface area (Å²) < 4.78 is 27.3. The fourth-order valence-electron chi connectivity index (χ4n) is 2.12. The van der Waals surface area contributed by atoms with Crippen molar-refractivity contribution in [2.24, 2.45) is 0 Å². The van der Waals surface area contributed by atoms with Crippen LogP contribution >= 0.6 is 23.2 Å². The van der Waals surface area contributed by atoms with Gasteiger partial charge in [-0.2, -0.15) is 4.72 Å². The normalized spacial score (nSPS) is 13.6. The second-order valence-electron chi connectivity index (χ2n) is 5.99. The molecule has 1 aromatic carbocycles. The van der Waals surface area contributed by atoms with Gasteiger partial charge in [0.15, 0.2) is 4.84 Å². The van der Waals surface area contributed by atoms with Gasteiger partial charge in [0.1, 0.15) is 11.8 Å². The molecule has 1 rings (SSSR count). The summed E-state index contributed by atoms with van der Waals surface area (Å²) in [6, 6.07) is 4.98. The lowest BCUT2D eigenvalue weighted by Crippen LogP contribution is -2.62. The van der Waals surface area contributed by atoms with Crippen molar-refractivity contribution in [2.75, 3.05) is 0 Å². The molecule has 6 nitrogen and oxygen atoms in total. The lowest BCUT2D eigenvalue weighted by atomic mass is 9.92. The number of rotatable bonds is 7. The van der Waals surface area contributed by atoms with Crippen LogP contribution in [0.3, 0.4) is 0 Å². The number of halogens is 2. The van der Waals surface area contributed by atoms with Gasteiger partial charge in [0.25, 0.3) is 5.91 Å². The van der Waals surface area contributed by atoms with Crippen molar-refractivity contribution in [3.05, 3.63) is 29.8 Å². The van der Waals surface area contributed by atoms with E-state index in [1.807, 2.05) is 6.92 Å². The Hall–Kier alpha value is -1.15. The minimum absolute atomic E-state index is 0.0223. The third kappa shape index (κ3) is 5.44. The van der Waals surface area contributed by atoms with E-state index in [-0.39, 0.29) is 4.90 Å². The van der Waals surface area contributed by atoms with Gasteiger partial charge >= 0.3 is 0 Å². The number of nitrogens with one attached hydrogen (secondary N) is 2. The first kappa shape index (κ1) is 20.9. The lowest BCUT2D eigenvalue weighted by Gasteiger charge is -2.34. The van der Waals surface area contributed by atoms with E-state index in [4.69, 9.17) is 23.2 Å². The molecular formula is C15H20Cl2N2O4S. The van der Waals surface area contributed by atoms with Crippen LogP contribution in [0.5, 0.6) is 0 Å². The topological polar surface area (TPSA) is 92.3 Å². The molecular weight excluding hydrogens is 375 g/mol. The Bertz CT molecular complexity index is 715. The fourth-order valence-corrected chi connectivity index (χ4v) is 3.63. The van der Waals surface area contributed by atoms with Crippen molar-refractivity contribution in [2.45, 2.75) is 49.0 Å². The number of carbonyl (C=O) groups is 2. The standard InChI is InChI=1S/C15H20Cl2N2O4S/c1-9-5-7-11(8-6-9)24(22,23)19-12(10(2)20)15(3,4)18-14(21)13(16)17/h5-8,12-13,19H,1-4H3,(H,18,21)/t12-/m1/s1. The number of hydrogen-bond acceptors (Lipinski definition) is 4. The summed E-state index contributed by atoms with van der Waals surface area (Å²) in [7, 11) is -3.95. The largest absolute Gasteiger partial charge is 0.347 e. The average Bonchev–Trinajstić information content (AvgIpc) is 2.44. The molecule has 2 N–H and O–H groups in total. The van der Waals surface area contributed by atoms with Gasteiger partial charge < -0.3 is 5.32 Å². The zero-order valence-electron chi connectivity index (χ0n) is 13.8. The number of amides is 1. The van der Waals surface area contributed by atoms with Crippen LogP contribution in [0.25, 0.3) is 0 Å².